The molecule has 1 aromatic rings. The van der Waals surface area contributed by atoms with Crippen molar-refractivity contribution < 1.29 is 19.1 Å². The second kappa shape index (κ2) is 9.77. The number of carbonyl (C=O) groups excluding carboxylic acids is 3. The molecule has 1 unspecified atom stereocenters. The third kappa shape index (κ3) is 4.77. The van der Waals surface area contributed by atoms with Crippen LogP contribution in [-0.2, 0) is 14.4 Å². The van der Waals surface area contributed by atoms with E-state index in [1.165, 1.54) is 0 Å². The fourth-order valence-electron chi connectivity index (χ4n) is 5.18. The van der Waals surface area contributed by atoms with Gasteiger partial charge in [0, 0.05) is 12.0 Å². The molecule has 3 aliphatic heterocycles. The van der Waals surface area contributed by atoms with E-state index in [1.54, 1.807) is 30.6 Å². The molecule has 3 aliphatic rings. The Bertz CT molecular complexity index is 968. The van der Waals surface area contributed by atoms with Crippen molar-refractivity contribution in [2.24, 2.45) is 5.41 Å². The summed E-state index contributed by atoms with van der Waals surface area (Å²) in [5.41, 5.74) is 1.70. The normalized spacial score (nSPS) is 28.7. The van der Waals surface area contributed by atoms with Crippen LogP contribution in [0.5, 0.6) is 5.75 Å². The molecular weight excluding hydrogens is 452 g/mol. The minimum atomic E-state index is -0.628. The topological polar surface area (TPSA) is 99.8 Å². The van der Waals surface area contributed by atoms with Crippen molar-refractivity contribution in [2.45, 2.75) is 76.5 Å². The van der Waals surface area contributed by atoms with E-state index in [4.69, 9.17) is 4.74 Å². The summed E-state index contributed by atoms with van der Waals surface area (Å²) in [5, 5.41) is 8.97. The molecule has 186 valence electrons. The van der Waals surface area contributed by atoms with Crippen molar-refractivity contribution in [3.05, 3.63) is 29.3 Å². The Hall–Kier alpha value is -2.26. The van der Waals surface area contributed by atoms with Crippen LogP contribution < -0.4 is 20.7 Å². The van der Waals surface area contributed by atoms with Crippen LogP contribution in [-0.4, -0.2) is 65.5 Å². The molecule has 9 heteroatoms. The zero-order valence-corrected chi connectivity index (χ0v) is 21.5. The van der Waals surface area contributed by atoms with Gasteiger partial charge in [-0.1, -0.05) is 26.0 Å². The van der Waals surface area contributed by atoms with Gasteiger partial charge in [-0.05, 0) is 56.5 Å². The molecule has 34 heavy (non-hydrogen) atoms. The number of thioether (sulfide) groups is 1. The monoisotopic (exact) mass is 488 g/mol. The van der Waals surface area contributed by atoms with Gasteiger partial charge in [0.25, 0.3) is 0 Å². The molecule has 0 radical (unpaired) electrons. The van der Waals surface area contributed by atoms with Gasteiger partial charge in [0.2, 0.25) is 17.7 Å². The standard InChI is InChI=1S/C25H36N4O4S/c1-14-6-7-16-17(8-10-33-19(16)12-14)27-23(31)21-25(3,4)13-20-29(21)24(32)18(9-11-34-20)28-22(30)15(2)26-5/h6-7,12,15,17-18,20-21,26H,8-11,13H2,1-5H3,(H,27,31)(H,28,30)/t15?,17-,18+,20+,21-/m1/s1. The van der Waals surface area contributed by atoms with E-state index in [2.05, 4.69) is 29.8 Å². The SMILES string of the molecule is CNC(C)C(=O)N[C@H]1CCS[C@H]2CC(C)(C)[C@@H](C(=O)N[C@@H]3CCOc4cc(C)ccc43)N2C1=O. The first kappa shape index (κ1) is 24.9. The highest BCUT2D eigenvalue weighted by atomic mass is 32.2. The van der Waals surface area contributed by atoms with E-state index < -0.39 is 18.1 Å². The van der Waals surface area contributed by atoms with E-state index in [9.17, 15) is 14.4 Å². The summed E-state index contributed by atoms with van der Waals surface area (Å²) in [6.45, 7) is 8.42. The number of nitrogens with zero attached hydrogens (tertiary/aromatic N) is 1. The second-order valence-electron chi connectivity index (χ2n) is 10.3. The zero-order chi connectivity index (χ0) is 24.6. The number of hydrogen-bond donors (Lipinski definition) is 3. The highest BCUT2D eigenvalue weighted by molar-refractivity contribution is 7.99. The van der Waals surface area contributed by atoms with Gasteiger partial charge < -0.3 is 25.6 Å². The third-order valence-electron chi connectivity index (χ3n) is 7.21. The van der Waals surface area contributed by atoms with Crippen molar-refractivity contribution in [1.82, 2.24) is 20.9 Å². The van der Waals surface area contributed by atoms with Crippen LogP contribution in [0.15, 0.2) is 18.2 Å². The number of amides is 3. The number of hydrogen-bond acceptors (Lipinski definition) is 6. The lowest BCUT2D eigenvalue weighted by molar-refractivity contribution is -0.144. The van der Waals surface area contributed by atoms with Crippen LogP contribution in [0.1, 0.15) is 57.2 Å². The Morgan fingerprint density at radius 2 is 1.97 bits per heavy atom. The number of ether oxygens (including phenoxy) is 1. The number of rotatable bonds is 5. The molecule has 2 saturated heterocycles. The van der Waals surface area contributed by atoms with Gasteiger partial charge in [0.15, 0.2) is 0 Å². The summed E-state index contributed by atoms with van der Waals surface area (Å²) < 4.78 is 5.82. The van der Waals surface area contributed by atoms with E-state index in [1.807, 2.05) is 25.1 Å². The van der Waals surface area contributed by atoms with Crippen molar-refractivity contribution in [3.8, 4) is 5.75 Å². The first-order valence-electron chi connectivity index (χ1n) is 12.1. The Morgan fingerprint density at radius 1 is 1.21 bits per heavy atom. The van der Waals surface area contributed by atoms with E-state index >= 15 is 0 Å². The zero-order valence-electron chi connectivity index (χ0n) is 20.6. The summed E-state index contributed by atoms with van der Waals surface area (Å²) in [7, 11) is 1.71. The highest BCUT2D eigenvalue weighted by Crippen LogP contribution is 2.46. The minimum Gasteiger partial charge on any atom is -0.493 e. The number of fused-ring (bicyclic) bond motifs is 2. The maximum atomic E-state index is 13.7. The second-order valence-corrected chi connectivity index (χ2v) is 11.6. The summed E-state index contributed by atoms with van der Waals surface area (Å²) in [4.78, 5) is 41.7. The molecule has 1 aromatic carbocycles. The Labute approximate surface area is 205 Å². The van der Waals surface area contributed by atoms with Crippen molar-refractivity contribution in [3.63, 3.8) is 0 Å². The van der Waals surface area contributed by atoms with E-state index in [0.717, 1.165) is 29.1 Å². The van der Waals surface area contributed by atoms with Gasteiger partial charge >= 0.3 is 0 Å². The van der Waals surface area contributed by atoms with Crippen LogP contribution >= 0.6 is 11.8 Å². The van der Waals surface area contributed by atoms with Gasteiger partial charge in [0.1, 0.15) is 17.8 Å². The van der Waals surface area contributed by atoms with Crippen LogP contribution in [0.4, 0.5) is 0 Å². The maximum absolute atomic E-state index is 13.7. The molecule has 0 spiro atoms. The van der Waals surface area contributed by atoms with Gasteiger partial charge in [-0.2, -0.15) is 0 Å². The summed E-state index contributed by atoms with van der Waals surface area (Å²) >= 11 is 1.70. The van der Waals surface area contributed by atoms with Crippen LogP contribution in [0.3, 0.4) is 0 Å². The number of likely N-dealkylation sites (N-methyl/N-ethyl adjacent to an activating group) is 1. The molecule has 3 heterocycles. The third-order valence-corrected chi connectivity index (χ3v) is 8.46. The Kier molecular flexibility index (Phi) is 7.14. The van der Waals surface area contributed by atoms with Gasteiger partial charge in [-0.25, -0.2) is 0 Å². The average Bonchev–Trinajstić information content (AvgIpc) is 2.98. The average molecular weight is 489 g/mol. The number of nitrogens with one attached hydrogen (secondary N) is 3. The van der Waals surface area contributed by atoms with Crippen molar-refractivity contribution >= 4 is 29.5 Å². The van der Waals surface area contributed by atoms with Gasteiger partial charge in [-0.15, -0.1) is 11.8 Å². The molecule has 5 atom stereocenters. The van der Waals surface area contributed by atoms with E-state index in [-0.39, 0.29) is 34.6 Å². The fraction of sp³-hybridized carbons (Fsp3) is 0.640. The summed E-state index contributed by atoms with van der Waals surface area (Å²) in [6, 6.07) is 4.25. The number of benzene rings is 1. The van der Waals surface area contributed by atoms with Crippen LogP contribution in [0.25, 0.3) is 0 Å². The minimum absolute atomic E-state index is 0.0773. The lowest BCUT2D eigenvalue weighted by atomic mass is 9.83. The molecule has 0 saturated carbocycles. The van der Waals surface area contributed by atoms with Crippen molar-refractivity contribution in [1.29, 1.82) is 0 Å². The Morgan fingerprint density at radius 3 is 2.71 bits per heavy atom. The van der Waals surface area contributed by atoms with Crippen LogP contribution in [0.2, 0.25) is 0 Å². The first-order valence-corrected chi connectivity index (χ1v) is 13.1. The Balaban J connectivity index is 1.56. The maximum Gasteiger partial charge on any atom is 0.246 e. The van der Waals surface area contributed by atoms with Crippen LogP contribution in [0, 0.1) is 12.3 Å². The fourth-order valence-corrected chi connectivity index (χ4v) is 6.75. The quantitative estimate of drug-likeness (QED) is 0.587. The molecule has 3 amide bonds. The molecule has 8 nitrogen and oxygen atoms in total. The lowest BCUT2D eigenvalue weighted by Crippen LogP contribution is -2.58. The highest BCUT2D eigenvalue weighted by Gasteiger charge is 2.54. The smallest absolute Gasteiger partial charge is 0.246 e. The largest absolute Gasteiger partial charge is 0.493 e. The predicted octanol–water partition coefficient (Wildman–Crippen LogP) is 2.12. The molecule has 4 rings (SSSR count). The van der Waals surface area contributed by atoms with Gasteiger partial charge in [0.05, 0.1) is 24.1 Å². The lowest BCUT2D eigenvalue weighted by Gasteiger charge is -2.36. The molecule has 0 aromatic heterocycles. The van der Waals surface area contributed by atoms with Gasteiger partial charge in [-0.3, -0.25) is 14.4 Å². The molecule has 0 bridgehead atoms. The summed E-state index contributed by atoms with van der Waals surface area (Å²) in [6.07, 6.45) is 1.97. The van der Waals surface area contributed by atoms with Crippen molar-refractivity contribution in [2.75, 3.05) is 19.4 Å². The summed E-state index contributed by atoms with van der Waals surface area (Å²) in [5.74, 6) is 1.04. The predicted molar refractivity (Wildman–Crippen MR) is 133 cm³/mol. The molecule has 2 fully saturated rings. The first-order chi connectivity index (χ1) is 16.1. The number of carbonyl (C=O) groups is 3. The molecule has 0 aliphatic carbocycles. The molecule has 3 N–H and O–H groups in total. The molecular formula is C25H36N4O4S. The number of aryl methyl sites for hydroxylation is 1. The van der Waals surface area contributed by atoms with E-state index in [0.29, 0.717) is 19.4 Å².